The highest BCUT2D eigenvalue weighted by molar-refractivity contribution is 5.87. The molecule has 2 amide bonds. The zero-order chi connectivity index (χ0) is 26.1. The summed E-state index contributed by atoms with van der Waals surface area (Å²) in [6.07, 6.45) is 0. The van der Waals surface area contributed by atoms with Crippen LogP contribution in [0.3, 0.4) is 0 Å². The van der Waals surface area contributed by atoms with E-state index < -0.39 is 6.04 Å². The molecule has 1 N–H and O–H groups in total. The Hall–Kier alpha value is -4.39. The summed E-state index contributed by atoms with van der Waals surface area (Å²) in [6.45, 7) is 8.57. The van der Waals surface area contributed by atoms with Crippen LogP contribution in [0, 0.1) is 20.8 Å². The van der Waals surface area contributed by atoms with Gasteiger partial charge in [-0.15, -0.1) is 0 Å². The van der Waals surface area contributed by atoms with Crippen molar-refractivity contribution in [3.63, 3.8) is 0 Å². The third-order valence-electron chi connectivity index (χ3n) is 7.05. The van der Waals surface area contributed by atoms with E-state index in [-0.39, 0.29) is 6.03 Å². The minimum absolute atomic E-state index is 0.164. The SMILES string of the molecule is COc1ccc(-c2noc(C3=C(C)N(Cc4ccccc4C)C(=O)NC3c3ccc(C)c(C)c3)n2)cc1. The molecule has 0 aliphatic carbocycles. The average Bonchev–Trinajstić information content (AvgIpc) is 3.38. The molecular weight excluding hydrogens is 464 g/mol. The van der Waals surface area contributed by atoms with Crippen LogP contribution < -0.4 is 10.1 Å². The molecule has 1 aromatic heterocycles. The molecule has 2 heterocycles. The summed E-state index contributed by atoms with van der Waals surface area (Å²) < 4.78 is 11.1. The van der Waals surface area contributed by atoms with Gasteiger partial charge in [0.15, 0.2) is 0 Å². The number of carbonyl (C=O) groups is 1. The van der Waals surface area contributed by atoms with Gasteiger partial charge in [-0.2, -0.15) is 4.98 Å². The number of allylic oxidation sites excluding steroid dienone is 1. The standard InChI is InChI=1S/C30H30N4O3/c1-18-10-11-23(16-20(18)3)27-26(29-32-28(33-37-29)22-12-14-25(36-5)15-13-22)21(4)34(30(35)31-27)17-24-9-7-6-8-19(24)2/h6-16,27H,17H2,1-5H3,(H,31,35). The molecule has 1 atom stereocenters. The van der Waals surface area contributed by atoms with Crippen LogP contribution in [-0.2, 0) is 6.54 Å². The normalized spacial score (nSPS) is 15.6. The van der Waals surface area contributed by atoms with Crippen molar-refractivity contribution in [1.29, 1.82) is 0 Å². The Labute approximate surface area is 216 Å². The van der Waals surface area contributed by atoms with Crippen molar-refractivity contribution in [2.45, 2.75) is 40.3 Å². The number of benzene rings is 3. The van der Waals surface area contributed by atoms with Crippen molar-refractivity contribution in [3.8, 4) is 17.1 Å². The lowest BCUT2D eigenvalue weighted by molar-refractivity contribution is 0.203. The molecule has 7 nitrogen and oxygen atoms in total. The number of carbonyl (C=O) groups excluding carboxylic acids is 1. The van der Waals surface area contributed by atoms with Crippen molar-refractivity contribution in [2.24, 2.45) is 0 Å². The first-order chi connectivity index (χ1) is 17.9. The predicted octanol–water partition coefficient (Wildman–Crippen LogP) is 6.37. The molecule has 7 heteroatoms. The van der Waals surface area contributed by atoms with Crippen LogP contribution in [0.1, 0.15) is 46.7 Å². The number of hydrogen-bond acceptors (Lipinski definition) is 5. The first-order valence-electron chi connectivity index (χ1n) is 12.2. The summed E-state index contributed by atoms with van der Waals surface area (Å²) in [5.41, 5.74) is 7.87. The van der Waals surface area contributed by atoms with Gasteiger partial charge in [0.05, 0.1) is 25.3 Å². The van der Waals surface area contributed by atoms with Gasteiger partial charge >= 0.3 is 6.03 Å². The van der Waals surface area contributed by atoms with Crippen molar-refractivity contribution in [3.05, 3.63) is 106 Å². The molecule has 4 aromatic rings. The lowest BCUT2D eigenvalue weighted by Gasteiger charge is -2.35. The van der Waals surface area contributed by atoms with Crippen LogP contribution in [-0.4, -0.2) is 28.2 Å². The minimum Gasteiger partial charge on any atom is -0.497 e. The zero-order valence-corrected chi connectivity index (χ0v) is 21.7. The highest BCUT2D eigenvalue weighted by Gasteiger charge is 2.36. The number of aromatic nitrogens is 2. The van der Waals surface area contributed by atoms with Gasteiger partial charge in [0.25, 0.3) is 5.89 Å². The Balaban J connectivity index is 1.60. The summed E-state index contributed by atoms with van der Waals surface area (Å²) in [5.74, 6) is 1.60. The predicted molar refractivity (Wildman–Crippen MR) is 143 cm³/mol. The van der Waals surface area contributed by atoms with E-state index in [1.54, 1.807) is 12.0 Å². The van der Waals surface area contributed by atoms with Gasteiger partial charge in [0, 0.05) is 11.3 Å². The van der Waals surface area contributed by atoms with E-state index in [1.807, 2.05) is 68.4 Å². The number of urea groups is 1. The summed E-state index contributed by atoms with van der Waals surface area (Å²) in [6, 6.07) is 21.2. The van der Waals surface area contributed by atoms with E-state index in [0.29, 0.717) is 18.3 Å². The molecule has 0 saturated heterocycles. The van der Waals surface area contributed by atoms with Crippen molar-refractivity contribution in [1.82, 2.24) is 20.4 Å². The first-order valence-corrected chi connectivity index (χ1v) is 12.2. The molecule has 5 rings (SSSR count). The molecule has 3 aromatic carbocycles. The highest BCUT2D eigenvalue weighted by Crippen LogP contribution is 2.38. The molecule has 0 spiro atoms. The van der Waals surface area contributed by atoms with E-state index in [1.165, 1.54) is 5.56 Å². The lowest BCUT2D eigenvalue weighted by Crippen LogP contribution is -2.45. The smallest absolute Gasteiger partial charge is 0.322 e. The van der Waals surface area contributed by atoms with Gasteiger partial charge in [-0.05, 0) is 79.8 Å². The van der Waals surface area contributed by atoms with Gasteiger partial charge in [-0.25, -0.2) is 4.79 Å². The van der Waals surface area contributed by atoms with Gasteiger partial charge in [-0.3, -0.25) is 4.90 Å². The molecule has 1 aliphatic heterocycles. The molecule has 0 fully saturated rings. The summed E-state index contributed by atoms with van der Waals surface area (Å²) in [4.78, 5) is 19.9. The topological polar surface area (TPSA) is 80.5 Å². The van der Waals surface area contributed by atoms with Crippen LogP contribution in [0.25, 0.3) is 17.0 Å². The van der Waals surface area contributed by atoms with E-state index in [4.69, 9.17) is 14.2 Å². The number of hydrogen-bond donors (Lipinski definition) is 1. The van der Waals surface area contributed by atoms with Gasteiger partial charge in [0.2, 0.25) is 5.82 Å². The summed E-state index contributed by atoms with van der Waals surface area (Å²) in [7, 11) is 1.63. The Morgan fingerprint density at radius 3 is 2.41 bits per heavy atom. The molecule has 0 saturated carbocycles. The Bertz CT molecular complexity index is 1490. The molecule has 1 unspecified atom stereocenters. The minimum atomic E-state index is -0.427. The first kappa shape index (κ1) is 24.3. The largest absolute Gasteiger partial charge is 0.497 e. The number of ether oxygens (including phenoxy) is 1. The Kier molecular flexibility index (Phi) is 6.53. The second kappa shape index (κ2) is 9.93. The van der Waals surface area contributed by atoms with Crippen LogP contribution in [0.5, 0.6) is 5.75 Å². The maximum Gasteiger partial charge on any atom is 0.322 e. The quantitative estimate of drug-likeness (QED) is 0.337. The molecule has 0 radical (unpaired) electrons. The van der Waals surface area contributed by atoms with Gasteiger partial charge in [-0.1, -0.05) is 47.6 Å². The fraction of sp³-hybridized carbons (Fsp3) is 0.233. The van der Waals surface area contributed by atoms with Gasteiger partial charge < -0.3 is 14.6 Å². The Morgan fingerprint density at radius 2 is 1.70 bits per heavy atom. The number of nitrogens with one attached hydrogen (secondary N) is 1. The number of nitrogens with zero attached hydrogens (tertiary/aromatic N) is 3. The third-order valence-corrected chi connectivity index (χ3v) is 7.05. The monoisotopic (exact) mass is 494 g/mol. The summed E-state index contributed by atoms with van der Waals surface area (Å²) >= 11 is 0. The van der Waals surface area contributed by atoms with Crippen molar-refractivity contribution < 1.29 is 14.1 Å². The number of aryl methyl sites for hydroxylation is 3. The van der Waals surface area contributed by atoms with Crippen LogP contribution in [0.2, 0.25) is 0 Å². The Morgan fingerprint density at radius 1 is 0.946 bits per heavy atom. The molecular formula is C30H30N4O3. The van der Waals surface area contributed by atoms with Crippen LogP contribution >= 0.6 is 0 Å². The molecule has 188 valence electrons. The van der Waals surface area contributed by atoms with Crippen molar-refractivity contribution in [2.75, 3.05) is 7.11 Å². The van der Waals surface area contributed by atoms with E-state index in [9.17, 15) is 4.79 Å². The maximum absolute atomic E-state index is 13.4. The second-order valence-electron chi connectivity index (χ2n) is 9.39. The molecule has 37 heavy (non-hydrogen) atoms. The van der Waals surface area contributed by atoms with Crippen molar-refractivity contribution >= 4 is 11.6 Å². The fourth-order valence-electron chi connectivity index (χ4n) is 4.59. The molecule has 1 aliphatic rings. The van der Waals surface area contributed by atoms with Crippen LogP contribution in [0.4, 0.5) is 4.79 Å². The van der Waals surface area contributed by atoms with E-state index in [2.05, 4.69) is 36.5 Å². The number of methoxy groups -OCH3 is 1. The average molecular weight is 495 g/mol. The number of rotatable bonds is 6. The zero-order valence-electron chi connectivity index (χ0n) is 21.7. The highest BCUT2D eigenvalue weighted by atomic mass is 16.5. The lowest BCUT2D eigenvalue weighted by atomic mass is 9.92. The molecule has 0 bridgehead atoms. The number of amides is 2. The summed E-state index contributed by atoms with van der Waals surface area (Å²) in [5, 5.41) is 7.46. The van der Waals surface area contributed by atoms with E-state index >= 15 is 0 Å². The third kappa shape index (κ3) is 4.72. The van der Waals surface area contributed by atoms with E-state index in [0.717, 1.165) is 44.8 Å². The second-order valence-corrected chi connectivity index (χ2v) is 9.39. The maximum atomic E-state index is 13.4. The van der Waals surface area contributed by atoms with Crippen LogP contribution in [0.15, 0.2) is 77.0 Å². The fourth-order valence-corrected chi connectivity index (χ4v) is 4.59. The van der Waals surface area contributed by atoms with Gasteiger partial charge in [0.1, 0.15) is 5.75 Å².